The van der Waals surface area contributed by atoms with Gasteiger partial charge in [0.25, 0.3) is 5.92 Å². The van der Waals surface area contributed by atoms with Crippen molar-refractivity contribution < 1.29 is 17.2 Å². The number of hydrogen-bond donors (Lipinski definition) is 1. The zero-order valence-corrected chi connectivity index (χ0v) is 10.7. The van der Waals surface area contributed by atoms with Gasteiger partial charge in [-0.15, -0.1) is 0 Å². The second-order valence-electron chi connectivity index (χ2n) is 5.03. The van der Waals surface area contributed by atoms with Crippen LogP contribution in [0.15, 0.2) is 0 Å². The molecule has 0 aliphatic carbocycles. The second kappa shape index (κ2) is 4.13. The van der Waals surface area contributed by atoms with Gasteiger partial charge in [-0.1, -0.05) is 13.3 Å². The molecule has 0 atom stereocenters. The fourth-order valence-electron chi connectivity index (χ4n) is 2.40. The fraction of sp³-hybridized carbons (Fsp3) is 1.00. The first kappa shape index (κ1) is 13.2. The molecule has 2 saturated heterocycles. The Kier molecular flexibility index (Phi) is 3.20. The van der Waals surface area contributed by atoms with E-state index in [9.17, 15) is 17.2 Å². The lowest BCUT2D eigenvalue weighted by molar-refractivity contribution is -0.133. The maximum Gasteiger partial charge on any atom is 0.269 e. The van der Waals surface area contributed by atoms with E-state index in [2.05, 4.69) is 5.32 Å². The molecular weight excluding hydrogens is 250 g/mol. The first-order valence-corrected chi connectivity index (χ1v) is 7.50. The van der Waals surface area contributed by atoms with Crippen molar-refractivity contribution >= 4 is 10.0 Å². The SMILES string of the molecule is CCCCS(=O)(=O)N1CC2(CNCC2(F)F)C1. The van der Waals surface area contributed by atoms with Crippen LogP contribution in [0.25, 0.3) is 0 Å². The molecule has 4 nitrogen and oxygen atoms in total. The zero-order chi connectivity index (χ0) is 12.7. The molecule has 0 aromatic heterocycles. The maximum absolute atomic E-state index is 13.6. The van der Waals surface area contributed by atoms with Gasteiger partial charge in [-0.3, -0.25) is 0 Å². The summed E-state index contributed by atoms with van der Waals surface area (Å²) in [7, 11) is -3.33. The minimum absolute atomic E-state index is 0.0426. The summed E-state index contributed by atoms with van der Waals surface area (Å²) in [6.07, 6.45) is 1.37. The third kappa shape index (κ3) is 2.08. The van der Waals surface area contributed by atoms with E-state index in [0.29, 0.717) is 6.42 Å². The molecule has 0 saturated carbocycles. The largest absolute Gasteiger partial charge is 0.310 e. The molecule has 0 radical (unpaired) electrons. The van der Waals surface area contributed by atoms with Gasteiger partial charge in [0.05, 0.1) is 17.7 Å². The first-order valence-electron chi connectivity index (χ1n) is 5.89. The van der Waals surface area contributed by atoms with Crippen molar-refractivity contribution in [2.75, 3.05) is 31.9 Å². The average molecular weight is 268 g/mol. The minimum Gasteiger partial charge on any atom is -0.310 e. The summed E-state index contributed by atoms with van der Waals surface area (Å²) in [6.45, 7) is 1.69. The van der Waals surface area contributed by atoms with E-state index in [1.807, 2.05) is 6.92 Å². The first-order chi connectivity index (χ1) is 7.83. The zero-order valence-electron chi connectivity index (χ0n) is 9.88. The molecule has 100 valence electrons. The Morgan fingerprint density at radius 1 is 1.29 bits per heavy atom. The van der Waals surface area contributed by atoms with Crippen molar-refractivity contribution in [1.29, 1.82) is 0 Å². The number of nitrogens with zero attached hydrogens (tertiary/aromatic N) is 1. The highest BCUT2D eigenvalue weighted by atomic mass is 32.2. The highest BCUT2D eigenvalue weighted by Gasteiger charge is 2.64. The Hall–Kier alpha value is -0.270. The van der Waals surface area contributed by atoms with E-state index in [4.69, 9.17) is 0 Å². The second-order valence-corrected chi connectivity index (χ2v) is 7.11. The molecule has 0 bridgehead atoms. The standard InChI is InChI=1S/C10H18F2N2O2S/c1-2-3-4-17(15,16)14-7-9(8-14)5-13-6-10(9,11)12/h13H,2-8H2,1H3. The fourth-order valence-corrected chi connectivity index (χ4v) is 4.20. The molecule has 0 amide bonds. The van der Waals surface area contributed by atoms with Crippen LogP contribution >= 0.6 is 0 Å². The summed E-state index contributed by atoms with van der Waals surface area (Å²) in [5, 5.41) is 2.65. The molecule has 0 aromatic rings. The Bertz CT molecular complexity index is 391. The van der Waals surface area contributed by atoms with Gasteiger partial charge < -0.3 is 5.32 Å². The number of alkyl halides is 2. The molecule has 1 N–H and O–H groups in total. The summed E-state index contributed by atoms with van der Waals surface area (Å²) in [6, 6.07) is 0. The molecule has 17 heavy (non-hydrogen) atoms. The summed E-state index contributed by atoms with van der Waals surface area (Å²) in [5.41, 5.74) is -1.16. The normalized spacial score (nSPS) is 27.2. The van der Waals surface area contributed by atoms with Crippen molar-refractivity contribution in [3.63, 3.8) is 0 Å². The Morgan fingerprint density at radius 3 is 2.41 bits per heavy atom. The summed E-state index contributed by atoms with van der Waals surface area (Å²) >= 11 is 0. The van der Waals surface area contributed by atoms with Crippen molar-refractivity contribution in [3.8, 4) is 0 Å². The van der Waals surface area contributed by atoms with Gasteiger partial charge in [-0.05, 0) is 6.42 Å². The molecule has 2 heterocycles. The monoisotopic (exact) mass is 268 g/mol. The summed E-state index contributed by atoms with van der Waals surface area (Å²) < 4.78 is 51.9. The molecule has 2 aliphatic heterocycles. The molecule has 2 aliphatic rings. The maximum atomic E-state index is 13.6. The highest BCUT2D eigenvalue weighted by molar-refractivity contribution is 7.89. The van der Waals surface area contributed by atoms with Gasteiger partial charge in [0, 0.05) is 19.6 Å². The van der Waals surface area contributed by atoms with Crippen molar-refractivity contribution in [1.82, 2.24) is 9.62 Å². The van der Waals surface area contributed by atoms with Crippen LogP contribution < -0.4 is 5.32 Å². The van der Waals surface area contributed by atoms with Gasteiger partial charge in [-0.25, -0.2) is 21.5 Å². The topological polar surface area (TPSA) is 49.4 Å². The van der Waals surface area contributed by atoms with Crippen LogP contribution in [0.2, 0.25) is 0 Å². The van der Waals surface area contributed by atoms with E-state index in [1.54, 1.807) is 0 Å². The number of hydrogen-bond acceptors (Lipinski definition) is 3. The molecule has 0 unspecified atom stereocenters. The predicted molar refractivity (Wildman–Crippen MR) is 60.5 cm³/mol. The van der Waals surface area contributed by atoms with Gasteiger partial charge in [0.15, 0.2) is 0 Å². The Balaban J connectivity index is 1.99. The van der Waals surface area contributed by atoms with Crippen LogP contribution in [0.4, 0.5) is 8.78 Å². The van der Waals surface area contributed by atoms with Gasteiger partial charge in [-0.2, -0.15) is 0 Å². The lowest BCUT2D eigenvalue weighted by Crippen LogP contribution is -2.66. The van der Waals surface area contributed by atoms with E-state index < -0.39 is 21.4 Å². The van der Waals surface area contributed by atoms with Gasteiger partial charge in [0.2, 0.25) is 10.0 Å². The van der Waals surface area contributed by atoms with Crippen LogP contribution in [0, 0.1) is 5.41 Å². The van der Waals surface area contributed by atoms with Crippen LogP contribution in [-0.2, 0) is 10.0 Å². The van der Waals surface area contributed by atoms with Crippen molar-refractivity contribution in [2.24, 2.45) is 5.41 Å². The molecule has 2 fully saturated rings. The van der Waals surface area contributed by atoms with Crippen LogP contribution in [0.5, 0.6) is 0 Å². The Labute approximate surface area is 100 Å². The molecule has 0 aromatic carbocycles. The van der Waals surface area contributed by atoms with Gasteiger partial charge >= 0.3 is 0 Å². The predicted octanol–water partition coefficient (Wildman–Crippen LogP) is 0.657. The van der Waals surface area contributed by atoms with E-state index in [1.165, 1.54) is 4.31 Å². The minimum atomic E-state index is -3.33. The lowest BCUT2D eigenvalue weighted by atomic mass is 9.78. The average Bonchev–Trinajstić information content (AvgIpc) is 2.48. The summed E-state index contributed by atoms with van der Waals surface area (Å²) in [4.78, 5) is 0. The number of nitrogens with one attached hydrogen (secondary N) is 1. The number of rotatable bonds is 4. The molecule has 7 heteroatoms. The van der Waals surface area contributed by atoms with Crippen LogP contribution in [0.3, 0.4) is 0 Å². The van der Waals surface area contributed by atoms with Crippen LogP contribution in [0.1, 0.15) is 19.8 Å². The van der Waals surface area contributed by atoms with Crippen LogP contribution in [-0.4, -0.2) is 50.6 Å². The summed E-state index contributed by atoms with van der Waals surface area (Å²) in [5.74, 6) is -2.72. The van der Waals surface area contributed by atoms with Gasteiger partial charge in [0.1, 0.15) is 0 Å². The van der Waals surface area contributed by atoms with Crippen molar-refractivity contribution in [3.05, 3.63) is 0 Å². The number of unbranched alkanes of at least 4 members (excludes halogenated alkanes) is 1. The smallest absolute Gasteiger partial charge is 0.269 e. The lowest BCUT2D eigenvalue weighted by Gasteiger charge is -2.49. The van der Waals surface area contributed by atoms with Crippen molar-refractivity contribution in [2.45, 2.75) is 25.7 Å². The third-order valence-electron chi connectivity index (χ3n) is 3.69. The molecule has 1 spiro atoms. The van der Waals surface area contributed by atoms with E-state index in [0.717, 1.165) is 6.42 Å². The molecular formula is C10H18F2N2O2S. The number of sulfonamides is 1. The Morgan fingerprint density at radius 2 is 1.94 bits per heavy atom. The number of halogens is 2. The quantitative estimate of drug-likeness (QED) is 0.815. The third-order valence-corrected chi connectivity index (χ3v) is 5.54. The highest BCUT2D eigenvalue weighted by Crippen LogP contribution is 2.47. The van der Waals surface area contributed by atoms with E-state index in [-0.39, 0.29) is 31.9 Å². The van der Waals surface area contributed by atoms with E-state index >= 15 is 0 Å². The molecule has 2 rings (SSSR count).